The van der Waals surface area contributed by atoms with Gasteiger partial charge in [0.15, 0.2) is 0 Å². The predicted molar refractivity (Wildman–Crippen MR) is 58.1 cm³/mol. The Morgan fingerprint density at radius 3 is 2.55 bits per heavy atom. The number of carbonyl (C=O) groups excluding carboxylic acids is 1. The van der Waals surface area contributed by atoms with Crippen molar-refractivity contribution in [3.8, 4) is 11.8 Å². The molecule has 0 bridgehead atoms. The van der Waals surface area contributed by atoms with Gasteiger partial charge in [0.2, 0.25) is 0 Å². The number of nitriles is 1. The molecule has 0 aliphatic carbocycles. The predicted octanol–water partition coefficient (Wildman–Crippen LogP) is 2.70. The molecule has 1 aromatic rings. The van der Waals surface area contributed by atoms with E-state index in [-0.39, 0.29) is 12.2 Å². The number of benzene rings is 1. The van der Waals surface area contributed by atoms with E-state index >= 15 is 0 Å². The number of rotatable bonds is 4. The first-order valence-corrected chi connectivity index (χ1v) is 5.40. The SMILES string of the molecule is CCOC(=O)Cc1cc(OC(F)(F)F)cc(F)c1C#N. The van der Waals surface area contributed by atoms with Crippen LogP contribution in [-0.4, -0.2) is 18.9 Å². The lowest BCUT2D eigenvalue weighted by atomic mass is 10.0. The van der Waals surface area contributed by atoms with Crippen LogP contribution in [0, 0.1) is 17.1 Å². The van der Waals surface area contributed by atoms with Gasteiger partial charge in [0.25, 0.3) is 0 Å². The molecule has 0 fully saturated rings. The van der Waals surface area contributed by atoms with Gasteiger partial charge in [0.05, 0.1) is 18.6 Å². The molecule has 0 heterocycles. The molecule has 0 saturated heterocycles. The minimum absolute atomic E-state index is 0.0575. The summed E-state index contributed by atoms with van der Waals surface area (Å²) >= 11 is 0. The summed E-state index contributed by atoms with van der Waals surface area (Å²) in [6.07, 6.45) is -5.52. The van der Waals surface area contributed by atoms with Crippen molar-refractivity contribution < 1.29 is 31.8 Å². The van der Waals surface area contributed by atoms with Gasteiger partial charge < -0.3 is 9.47 Å². The van der Waals surface area contributed by atoms with Gasteiger partial charge in [-0.25, -0.2) is 4.39 Å². The van der Waals surface area contributed by atoms with Crippen LogP contribution < -0.4 is 4.74 Å². The van der Waals surface area contributed by atoms with Crippen LogP contribution in [0.5, 0.6) is 5.75 Å². The highest BCUT2D eigenvalue weighted by molar-refractivity contribution is 5.73. The van der Waals surface area contributed by atoms with Crippen LogP contribution in [0.15, 0.2) is 12.1 Å². The topological polar surface area (TPSA) is 59.3 Å². The monoisotopic (exact) mass is 291 g/mol. The average molecular weight is 291 g/mol. The number of ether oxygens (including phenoxy) is 2. The van der Waals surface area contributed by atoms with Crippen LogP contribution in [-0.2, 0) is 16.0 Å². The zero-order valence-electron chi connectivity index (χ0n) is 10.3. The second-order valence-electron chi connectivity index (χ2n) is 3.58. The Morgan fingerprint density at radius 2 is 2.05 bits per heavy atom. The molecule has 20 heavy (non-hydrogen) atoms. The van der Waals surface area contributed by atoms with Gasteiger partial charge in [-0.15, -0.1) is 13.2 Å². The van der Waals surface area contributed by atoms with Crippen molar-refractivity contribution in [2.75, 3.05) is 6.61 Å². The van der Waals surface area contributed by atoms with Crippen molar-refractivity contribution in [2.45, 2.75) is 19.7 Å². The molecule has 0 spiro atoms. The Labute approximate surface area is 111 Å². The van der Waals surface area contributed by atoms with E-state index in [9.17, 15) is 22.4 Å². The van der Waals surface area contributed by atoms with Crippen LogP contribution in [0.4, 0.5) is 17.6 Å². The Hall–Kier alpha value is -2.30. The maximum Gasteiger partial charge on any atom is 0.573 e. The maximum absolute atomic E-state index is 13.5. The normalized spacial score (nSPS) is 10.8. The molecule has 0 aromatic heterocycles. The van der Waals surface area contributed by atoms with Crippen molar-refractivity contribution in [3.63, 3.8) is 0 Å². The molecular weight excluding hydrogens is 282 g/mol. The Bertz CT molecular complexity index is 549. The van der Waals surface area contributed by atoms with Crippen molar-refractivity contribution in [3.05, 3.63) is 29.1 Å². The van der Waals surface area contributed by atoms with Crippen molar-refractivity contribution in [1.82, 2.24) is 0 Å². The smallest absolute Gasteiger partial charge is 0.466 e. The summed E-state index contributed by atoms with van der Waals surface area (Å²) in [6, 6.07) is 2.70. The summed E-state index contributed by atoms with van der Waals surface area (Å²) in [5, 5.41) is 8.76. The Balaban J connectivity index is 3.13. The summed E-state index contributed by atoms with van der Waals surface area (Å²) in [6.45, 7) is 1.59. The van der Waals surface area contributed by atoms with E-state index in [4.69, 9.17) is 5.26 Å². The van der Waals surface area contributed by atoms with E-state index in [1.807, 2.05) is 0 Å². The third-order valence-electron chi connectivity index (χ3n) is 2.13. The minimum Gasteiger partial charge on any atom is -0.466 e. The molecule has 0 amide bonds. The number of hydrogen-bond acceptors (Lipinski definition) is 4. The molecule has 0 saturated carbocycles. The van der Waals surface area contributed by atoms with Gasteiger partial charge in [-0.2, -0.15) is 5.26 Å². The standard InChI is InChI=1S/C12H9F4NO3/c1-2-19-11(18)4-7-3-8(20-12(14,15)16)5-10(13)9(7)6-17/h3,5H,2,4H2,1H3. The first-order chi connectivity index (χ1) is 9.26. The van der Waals surface area contributed by atoms with E-state index in [1.165, 1.54) is 13.0 Å². The maximum atomic E-state index is 13.5. The second-order valence-corrected chi connectivity index (χ2v) is 3.58. The van der Waals surface area contributed by atoms with Gasteiger partial charge in [-0.3, -0.25) is 4.79 Å². The molecule has 0 N–H and O–H groups in total. The fraction of sp³-hybridized carbons (Fsp3) is 0.333. The van der Waals surface area contributed by atoms with Gasteiger partial charge >= 0.3 is 12.3 Å². The van der Waals surface area contributed by atoms with Crippen LogP contribution in [0.1, 0.15) is 18.1 Å². The van der Waals surface area contributed by atoms with E-state index in [0.717, 1.165) is 6.07 Å². The van der Waals surface area contributed by atoms with Gasteiger partial charge in [0.1, 0.15) is 17.6 Å². The fourth-order valence-corrected chi connectivity index (χ4v) is 1.46. The zero-order valence-corrected chi connectivity index (χ0v) is 10.3. The first-order valence-electron chi connectivity index (χ1n) is 5.40. The molecule has 1 aromatic carbocycles. The van der Waals surface area contributed by atoms with Crippen molar-refractivity contribution >= 4 is 5.97 Å². The van der Waals surface area contributed by atoms with Crippen LogP contribution >= 0.6 is 0 Å². The van der Waals surface area contributed by atoms with Gasteiger partial charge in [-0.1, -0.05) is 0 Å². The highest BCUT2D eigenvalue weighted by atomic mass is 19.4. The molecule has 0 radical (unpaired) electrons. The number of carbonyl (C=O) groups is 1. The molecule has 0 unspecified atom stereocenters. The van der Waals surface area contributed by atoms with E-state index < -0.39 is 35.9 Å². The highest BCUT2D eigenvalue weighted by Crippen LogP contribution is 2.27. The largest absolute Gasteiger partial charge is 0.573 e. The van der Waals surface area contributed by atoms with Crippen LogP contribution in [0.25, 0.3) is 0 Å². The summed E-state index contributed by atoms with van der Waals surface area (Å²) in [4.78, 5) is 11.3. The molecule has 0 atom stereocenters. The lowest BCUT2D eigenvalue weighted by Crippen LogP contribution is -2.18. The van der Waals surface area contributed by atoms with Gasteiger partial charge in [0, 0.05) is 6.07 Å². The van der Waals surface area contributed by atoms with Crippen molar-refractivity contribution in [2.24, 2.45) is 0 Å². The molecule has 108 valence electrons. The molecule has 4 nitrogen and oxygen atoms in total. The quantitative estimate of drug-likeness (QED) is 0.632. The van der Waals surface area contributed by atoms with E-state index in [1.54, 1.807) is 0 Å². The Morgan fingerprint density at radius 1 is 1.40 bits per heavy atom. The summed E-state index contributed by atoms with van der Waals surface area (Å²) < 4.78 is 57.9. The number of hydrogen-bond donors (Lipinski definition) is 0. The molecule has 8 heteroatoms. The molecular formula is C12H9F4NO3. The minimum atomic E-state index is -5.00. The lowest BCUT2D eigenvalue weighted by molar-refractivity contribution is -0.274. The van der Waals surface area contributed by atoms with Gasteiger partial charge in [-0.05, 0) is 18.6 Å². The fourth-order valence-electron chi connectivity index (χ4n) is 1.46. The number of nitrogens with zero attached hydrogens (tertiary/aromatic N) is 1. The lowest BCUT2D eigenvalue weighted by Gasteiger charge is -2.11. The number of alkyl halides is 3. The molecule has 0 aliphatic rings. The summed E-state index contributed by atoms with van der Waals surface area (Å²) in [5.41, 5.74) is -0.752. The summed E-state index contributed by atoms with van der Waals surface area (Å²) in [7, 11) is 0. The van der Waals surface area contributed by atoms with Crippen LogP contribution in [0.3, 0.4) is 0 Å². The number of halogens is 4. The third kappa shape index (κ3) is 4.42. The Kier molecular flexibility index (Phi) is 4.91. The second kappa shape index (κ2) is 6.23. The van der Waals surface area contributed by atoms with Crippen molar-refractivity contribution in [1.29, 1.82) is 5.26 Å². The average Bonchev–Trinajstić information content (AvgIpc) is 2.26. The molecule has 1 rings (SSSR count). The highest BCUT2D eigenvalue weighted by Gasteiger charge is 2.32. The summed E-state index contributed by atoms with van der Waals surface area (Å²) in [5.74, 6) is -2.82. The zero-order chi connectivity index (χ0) is 15.3. The third-order valence-corrected chi connectivity index (χ3v) is 2.13. The first kappa shape index (κ1) is 15.8. The van der Waals surface area contributed by atoms with E-state index in [2.05, 4.69) is 9.47 Å². The molecule has 0 aliphatic heterocycles. The number of esters is 1. The van der Waals surface area contributed by atoms with Crippen LogP contribution in [0.2, 0.25) is 0 Å². The van der Waals surface area contributed by atoms with E-state index in [0.29, 0.717) is 6.07 Å².